The number of nitrogens with one attached hydrogen (secondary N) is 1. The zero-order valence-corrected chi connectivity index (χ0v) is 29.3. The Balaban J connectivity index is 1.07. The average molecular weight is 729 g/mol. The molecule has 0 aliphatic carbocycles. The summed E-state index contributed by atoms with van der Waals surface area (Å²) in [6, 6.07) is 25.8. The summed E-state index contributed by atoms with van der Waals surface area (Å²) < 4.78 is 59.4. The summed E-state index contributed by atoms with van der Waals surface area (Å²) in [6.07, 6.45) is -0.727. The molecule has 2 aromatic heterocycles. The molecule has 0 spiro atoms. The maximum atomic E-state index is 12.5. The van der Waals surface area contributed by atoms with Crippen molar-refractivity contribution in [1.82, 2.24) is 15.0 Å². The monoisotopic (exact) mass is 728 g/mol. The van der Waals surface area contributed by atoms with Crippen LogP contribution in [0.15, 0.2) is 97.2 Å². The van der Waals surface area contributed by atoms with Gasteiger partial charge < -0.3 is 24.3 Å². The number of esters is 1. The van der Waals surface area contributed by atoms with Crippen LogP contribution in [0, 0.1) is 0 Å². The van der Waals surface area contributed by atoms with Crippen LogP contribution in [0.3, 0.4) is 0 Å². The first-order valence-corrected chi connectivity index (χ1v) is 17.2. The third kappa shape index (κ3) is 8.85. The minimum atomic E-state index is -4.82. The molecule has 0 aliphatic rings. The van der Waals surface area contributed by atoms with Crippen molar-refractivity contribution in [3.63, 3.8) is 0 Å². The van der Waals surface area contributed by atoms with Gasteiger partial charge in [0.15, 0.2) is 5.13 Å². The molecule has 4 aromatic carbocycles. The number of aromatic nitrogens is 3. The van der Waals surface area contributed by atoms with Crippen molar-refractivity contribution in [3.8, 4) is 22.6 Å². The van der Waals surface area contributed by atoms with Crippen molar-refractivity contribution in [2.75, 3.05) is 39.4 Å². The lowest BCUT2D eigenvalue weighted by atomic mass is 10.00. The van der Waals surface area contributed by atoms with Gasteiger partial charge in [-0.15, -0.1) is 0 Å². The first-order chi connectivity index (χ1) is 25.1. The normalized spacial score (nSPS) is 11.5. The summed E-state index contributed by atoms with van der Waals surface area (Å²) in [7, 11) is 3.30. The number of nitrogens with zero attached hydrogens (tertiary/aromatic N) is 3. The van der Waals surface area contributed by atoms with Gasteiger partial charge in [0.2, 0.25) is 0 Å². The second-order valence-electron chi connectivity index (χ2n) is 11.7. The maximum absolute atomic E-state index is 12.5. The Bertz CT molecular complexity index is 2190. The largest absolute Gasteiger partial charge is 0.494 e. The van der Waals surface area contributed by atoms with E-state index in [0.717, 1.165) is 67.3 Å². The number of hydrogen-bond donors (Lipinski definition) is 1. The predicted octanol–water partition coefficient (Wildman–Crippen LogP) is 8.67. The van der Waals surface area contributed by atoms with Crippen LogP contribution in [-0.2, 0) is 33.5 Å². The van der Waals surface area contributed by atoms with E-state index in [4.69, 9.17) is 19.2 Å². The number of benzene rings is 4. The number of alkyl halides is 3. The lowest BCUT2D eigenvalue weighted by molar-refractivity contribution is -0.151. The second kappa shape index (κ2) is 16.2. The maximum Gasteiger partial charge on any atom is 0.422 e. The third-order valence-electron chi connectivity index (χ3n) is 8.20. The first kappa shape index (κ1) is 36.3. The number of methoxy groups -OCH3 is 2. The fourth-order valence-corrected chi connectivity index (χ4v) is 6.44. The molecule has 0 saturated heterocycles. The Labute approximate surface area is 302 Å². The molecule has 0 bridgehead atoms. The van der Waals surface area contributed by atoms with Gasteiger partial charge in [0, 0.05) is 36.4 Å². The van der Waals surface area contributed by atoms with Crippen LogP contribution in [0.25, 0.3) is 32.2 Å². The second-order valence-corrected chi connectivity index (χ2v) is 12.7. The number of hydrogen-bond acceptors (Lipinski definition) is 10. The molecule has 0 saturated carbocycles. The van der Waals surface area contributed by atoms with E-state index in [-0.39, 0.29) is 13.2 Å². The minimum absolute atomic E-state index is 0.0837. The fraction of sp³-hybridized carbons (Fsp3) is 0.231. The van der Waals surface area contributed by atoms with Gasteiger partial charge in [-0.05, 0) is 72.0 Å². The fourth-order valence-electron chi connectivity index (χ4n) is 5.40. The molecule has 0 radical (unpaired) electrons. The van der Waals surface area contributed by atoms with Crippen molar-refractivity contribution in [2.24, 2.45) is 0 Å². The van der Waals surface area contributed by atoms with Crippen LogP contribution in [0.5, 0.6) is 11.5 Å². The highest BCUT2D eigenvalue weighted by atomic mass is 32.1. The number of ether oxygens (including phenoxy) is 4. The summed E-state index contributed by atoms with van der Waals surface area (Å²) in [5, 5.41) is 5.11. The summed E-state index contributed by atoms with van der Waals surface area (Å²) >= 11 is 1.56. The average Bonchev–Trinajstić information content (AvgIpc) is 3.58. The Hall–Kier alpha value is -5.53. The highest BCUT2D eigenvalue weighted by Gasteiger charge is 2.37. The van der Waals surface area contributed by atoms with Gasteiger partial charge in [0.25, 0.3) is 0 Å². The van der Waals surface area contributed by atoms with E-state index in [9.17, 15) is 18.0 Å². The molecule has 0 amide bonds. The summed E-state index contributed by atoms with van der Waals surface area (Å²) in [5.41, 5.74) is 5.37. The smallest absolute Gasteiger partial charge is 0.422 e. The van der Waals surface area contributed by atoms with Gasteiger partial charge in [-0.1, -0.05) is 54.3 Å². The van der Waals surface area contributed by atoms with Crippen molar-refractivity contribution in [1.29, 1.82) is 0 Å². The zero-order chi connectivity index (χ0) is 36.7. The highest BCUT2D eigenvalue weighted by Crippen LogP contribution is 2.40. The van der Waals surface area contributed by atoms with Crippen molar-refractivity contribution < 1.29 is 36.9 Å². The molecular weight excluding hydrogens is 694 g/mol. The molecule has 2 heterocycles. The number of carbonyl (C=O) groups is 1. The van der Waals surface area contributed by atoms with Crippen LogP contribution < -0.4 is 14.8 Å². The van der Waals surface area contributed by atoms with E-state index in [1.165, 1.54) is 5.56 Å². The van der Waals surface area contributed by atoms with Crippen LogP contribution in [0.2, 0.25) is 0 Å². The molecule has 0 fully saturated rings. The molecule has 6 rings (SSSR count). The molecule has 0 unspecified atom stereocenters. The molecule has 6 aromatic rings. The molecule has 0 atom stereocenters. The highest BCUT2D eigenvalue weighted by molar-refractivity contribution is 7.22. The molecular formula is C39H35F3N4O5S. The Kier molecular flexibility index (Phi) is 11.3. The van der Waals surface area contributed by atoms with Gasteiger partial charge in [-0.25, -0.2) is 19.7 Å². The molecule has 9 nitrogen and oxygen atoms in total. The summed E-state index contributed by atoms with van der Waals surface area (Å²) in [4.78, 5) is 25.4. The first-order valence-electron chi connectivity index (χ1n) is 16.3. The minimum Gasteiger partial charge on any atom is -0.494 e. The van der Waals surface area contributed by atoms with E-state index in [1.54, 1.807) is 37.7 Å². The summed E-state index contributed by atoms with van der Waals surface area (Å²) in [6.45, 7) is 2.88. The molecule has 13 heteroatoms. The molecule has 52 heavy (non-hydrogen) atoms. The number of carbonyl (C=O) groups excluding carboxylic acids is 1. The standard InChI is InChI=1S/C39H35F3N4O5S/c1-24(39(40,41)42)37(47)51-21-20-50-30-13-8-26(9-14-30)5-4-25-6-10-27(11-7-25)31-15-17-33(49-3)35-36(31)52-38(46-35)44-29-12-16-32-28(22-29)23-43-34(45-32)18-19-48-2/h6-17,22-23H,1,4-5,18-21H2,2-3H3,(H,44,46). The van der Waals surface area contributed by atoms with Gasteiger partial charge in [0.05, 0.1) is 23.9 Å². The quantitative estimate of drug-likeness (QED) is 0.0632. The topological polar surface area (TPSA) is 105 Å². The number of aryl methyl sites for hydroxylation is 2. The Morgan fingerprint density at radius 1 is 0.865 bits per heavy atom. The van der Waals surface area contributed by atoms with Gasteiger partial charge in [-0.2, -0.15) is 13.2 Å². The SMILES string of the molecule is C=C(C(=O)OCCOc1ccc(CCc2ccc(-c3ccc(OC)c4nc(Nc5ccc6nc(CCOC)ncc6c5)sc34)cc2)cc1)C(F)(F)F. The van der Waals surface area contributed by atoms with Crippen LogP contribution in [-0.4, -0.2) is 61.1 Å². The van der Waals surface area contributed by atoms with E-state index < -0.39 is 17.7 Å². The van der Waals surface area contributed by atoms with E-state index in [1.807, 2.05) is 42.6 Å². The van der Waals surface area contributed by atoms with Crippen molar-refractivity contribution in [3.05, 3.63) is 114 Å². The van der Waals surface area contributed by atoms with Crippen molar-refractivity contribution >= 4 is 49.2 Å². The van der Waals surface area contributed by atoms with Crippen molar-refractivity contribution in [2.45, 2.75) is 25.4 Å². The number of fused-ring (bicyclic) bond motifs is 2. The Morgan fingerprint density at radius 2 is 1.60 bits per heavy atom. The lowest BCUT2D eigenvalue weighted by Gasteiger charge is -2.11. The van der Waals surface area contributed by atoms with Crippen LogP contribution >= 0.6 is 11.3 Å². The van der Waals surface area contributed by atoms with Crippen LogP contribution in [0.4, 0.5) is 24.0 Å². The number of thiazole rings is 1. The van der Waals surface area contributed by atoms with Gasteiger partial charge >= 0.3 is 12.1 Å². The molecule has 268 valence electrons. The number of halogens is 3. The Morgan fingerprint density at radius 3 is 2.29 bits per heavy atom. The zero-order valence-electron chi connectivity index (χ0n) is 28.5. The number of rotatable bonds is 15. The predicted molar refractivity (Wildman–Crippen MR) is 196 cm³/mol. The molecule has 1 N–H and O–H groups in total. The third-order valence-corrected chi connectivity index (χ3v) is 9.21. The lowest BCUT2D eigenvalue weighted by Crippen LogP contribution is -2.22. The number of anilines is 2. The van der Waals surface area contributed by atoms with E-state index in [2.05, 4.69) is 56.9 Å². The van der Waals surface area contributed by atoms with E-state index >= 15 is 0 Å². The van der Waals surface area contributed by atoms with Gasteiger partial charge in [-0.3, -0.25) is 0 Å². The van der Waals surface area contributed by atoms with Gasteiger partial charge in [0.1, 0.15) is 41.6 Å². The molecule has 0 aliphatic heterocycles. The van der Waals surface area contributed by atoms with E-state index in [0.29, 0.717) is 24.5 Å². The summed E-state index contributed by atoms with van der Waals surface area (Å²) in [5.74, 6) is 0.452. The van der Waals surface area contributed by atoms with Crippen LogP contribution in [0.1, 0.15) is 17.0 Å².